The van der Waals surface area contributed by atoms with Crippen LogP contribution in [-0.4, -0.2) is 50.5 Å². The van der Waals surface area contributed by atoms with Gasteiger partial charge in [0.25, 0.3) is 5.91 Å². The van der Waals surface area contributed by atoms with Crippen LogP contribution in [0.2, 0.25) is 0 Å². The molecule has 0 aromatic carbocycles. The first kappa shape index (κ1) is 14.4. The van der Waals surface area contributed by atoms with Crippen molar-refractivity contribution in [2.45, 2.75) is 31.8 Å². The number of carbonyl (C=O) groups is 1. The highest BCUT2D eigenvalue weighted by atomic mass is 16.5. The summed E-state index contributed by atoms with van der Waals surface area (Å²) in [5.41, 5.74) is 1.68. The summed E-state index contributed by atoms with van der Waals surface area (Å²) in [6.45, 7) is 4.34. The van der Waals surface area contributed by atoms with Gasteiger partial charge in [0.05, 0.1) is 12.2 Å². The number of imidazole rings is 1. The van der Waals surface area contributed by atoms with Gasteiger partial charge in [0.2, 0.25) is 5.78 Å². The van der Waals surface area contributed by atoms with E-state index in [0.717, 1.165) is 25.9 Å². The number of carbonyl (C=O) groups excluding carboxylic acids is 1. The Morgan fingerprint density at radius 3 is 2.91 bits per heavy atom. The van der Waals surface area contributed by atoms with Crippen LogP contribution in [0.5, 0.6) is 0 Å². The van der Waals surface area contributed by atoms with Crippen LogP contribution in [0.25, 0.3) is 5.78 Å². The van der Waals surface area contributed by atoms with Crippen molar-refractivity contribution >= 4 is 11.7 Å². The molecule has 0 unspecified atom stereocenters. The van der Waals surface area contributed by atoms with E-state index in [1.807, 2.05) is 17.2 Å². The zero-order valence-corrected chi connectivity index (χ0v) is 13.2. The van der Waals surface area contributed by atoms with Crippen molar-refractivity contribution in [2.24, 2.45) is 0 Å². The average molecular weight is 312 g/mol. The molecule has 2 aromatic rings. The van der Waals surface area contributed by atoms with Crippen molar-refractivity contribution in [3.8, 4) is 0 Å². The lowest BCUT2D eigenvalue weighted by Crippen LogP contribution is -2.48. The zero-order chi connectivity index (χ0) is 15.9. The van der Waals surface area contributed by atoms with Gasteiger partial charge in [-0.3, -0.25) is 9.20 Å². The summed E-state index contributed by atoms with van der Waals surface area (Å²) in [7, 11) is 0. The van der Waals surface area contributed by atoms with Crippen molar-refractivity contribution in [3.63, 3.8) is 0 Å². The standard InChI is InChI=1S/C17H20N4O2/c1-13-3-10-23-17(11-13)4-8-20(9-5-17)15(22)14-12-21-7-2-6-18-16(21)19-14/h2,6-7,11-12H,3-5,8-10H2,1H3. The molecule has 1 spiro atoms. The quantitative estimate of drug-likeness (QED) is 0.756. The van der Waals surface area contributed by atoms with Crippen molar-refractivity contribution in [1.82, 2.24) is 19.3 Å². The summed E-state index contributed by atoms with van der Waals surface area (Å²) in [6.07, 6.45) is 10.2. The highest BCUT2D eigenvalue weighted by Crippen LogP contribution is 2.33. The lowest BCUT2D eigenvalue weighted by molar-refractivity contribution is -0.0522. The van der Waals surface area contributed by atoms with Gasteiger partial charge in [-0.25, -0.2) is 9.97 Å². The van der Waals surface area contributed by atoms with E-state index in [-0.39, 0.29) is 11.5 Å². The van der Waals surface area contributed by atoms with Gasteiger partial charge in [-0.05, 0) is 32.3 Å². The molecule has 120 valence electrons. The van der Waals surface area contributed by atoms with E-state index in [9.17, 15) is 4.79 Å². The Morgan fingerprint density at radius 1 is 1.35 bits per heavy atom. The Morgan fingerprint density at radius 2 is 2.17 bits per heavy atom. The number of hydrogen-bond donors (Lipinski definition) is 0. The minimum absolute atomic E-state index is 0.0261. The van der Waals surface area contributed by atoms with E-state index in [1.165, 1.54) is 5.57 Å². The molecule has 6 nitrogen and oxygen atoms in total. The number of rotatable bonds is 1. The summed E-state index contributed by atoms with van der Waals surface area (Å²) in [4.78, 5) is 23.0. The third-order valence-electron chi connectivity index (χ3n) is 4.75. The predicted octanol–water partition coefficient (Wildman–Crippen LogP) is 2.07. The molecule has 1 saturated heterocycles. The highest BCUT2D eigenvalue weighted by Gasteiger charge is 2.37. The molecular formula is C17H20N4O2. The summed E-state index contributed by atoms with van der Waals surface area (Å²) in [5.74, 6) is 0.528. The van der Waals surface area contributed by atoms with Crippen LogP contribution in [0, 0.1) is 0 Å². The molecule has 6 heteroatoms. The van der Waals surface area contributed by atoms with Crippen molar-refractivity contribution in [3.05, 3.63) is 42.0 Å². The largest absolute Gasteiger partial charge is 0.370 e. The fourth-order valence-electron chi connectivity index (χ4n) is 3.45. The van der Waals surface area contributed by atoms with Gasteiger partial charge in [0, 0.05) is 31.7 Å². The number of hydrogen-bond acceptors (Lipinski definition) is 4. The molecule has 0 radical (unpaired) electrons. The first-order chi connectivity index (χ1) is 11.2. The first-order valence-electron chi connectivity index (χ1n) is 8.07. The van der Waals surface area contributed by atoms with Crippen LogP contribution in [0.4, 0.5) is 0 Å². The molecule has 2 aliphatic heterocycles. The third kappa shape index (κ3) is 2.63. The van der Waals surface area contributed by atoms with Crippen LogP contribution in [0.3, 0.4) is 0 Å². The monoisotopic (exact) mass is 312 g/mol. The van der Waals surface area contributed by atoms with E-state index in [1.54, 1.807) is 16.8 Å². The maximum atomic E-state index is 12.7. The summed E-state index contributed by atoms with van der Waals surface area (Å²) in [5, 5.41) is 0. The zero-order valence-electron chi connectivity index (χ0n) is 13.2. The Balaban J connectivity index is 1.49. The topological polar surface area (TPSA) is 59.7 Å². The molecule has 0 aliphatic carbocycles. The minimum Gasteiger partial charge on any atom is -0.370 e. The Labute approximate surface area is 134 Å². The van der Waals surface area contributed by atoms with E-state index in [4.69, 9.17) is 4.74 Å². The first-order valence-corrected chi connectivity index (χ1v) is 8.07. The number of amides is 1. The van der Waals surface area contributed by atoms with Gasteiger partial charge < -0.3 is 9.64 Å². The molecular weight excluding hydrogens is 292 g/mol. The number of aromatic nitrogens is 3. The van der Waals surface area contributed by atoms with Crippen LogP contribution in [0.1, 0.15) is 36.7 Å². The van der Waals surface area contributed by atoms with Crippen LogP contribution >= 0.6 is 0 Å². The van der Waals surface area contributed by atoms with E-state index < -0.39 is 0 Å². The summed E-state index contributed by atoms with van der Waals surface area (Å²) >= 11 is 0. The molecule has 4 rings (SSSR count). The minimum atomic E-state index is -0.167. The SMILES string of the molecule is CC1=CC2(CCN(C(=O)c3cn4cccnc4n3)CC2)OCC1. The fourth-order valence-corrected chi connectivity index (χ4v) is 3.45. The normalized spacial score (nSPS) is 20.7. The number of fused-ring (bicyclic) bond motifs is 1. The molecule has 1 fully saturated rings. The van der Waals surface area contributed by atoms with Crippen molar-refractivity contribution in [1.29, 1.82) is 0 Å². The van der Waals surface area contributed by atoms with E-state index >= 15 is 0 Å². The second-order valence-electron chi connectivity index (χ2n) is 6.40. The molecule has 0 N–H and O–H groups in total. The molecule has 0 saturated carbocycles. The van der Waals surface area contributed by atoms with Crippen molar-refractivity contribution < 1.29 is 9.53 Å². The fraction of sp³-hybridized carbons (Fsp3) is 0.471. The lowest BCUT2D eigenvalue weighted by Gasteiger charge is -2.42. The number of ether oxygens (including phenoxy) is 1. The van der Waals surface area contributed by atoms with Crippen LogP contribution < -0.4 is 0 Å². The summed E-state index contributed by atoms with van der Waals surface area (Å²) in [6, 6.07) is 1.82. The van der Waals surface area contributed by atoms with Gasteiger partial charge in [0.15, 0.2) is 0 Å². The summed E-state index contributed by atoms with van der Waals surface area (Å²) < 4.78 is 7.79. The van der Waals surface area contributed by atoms with Gasteiger partial charge in [-0.2, -0.15) is 0 Å². The Bertz CT molecular complexity index is 739. The Kier molecular flexibility index (Phi) is 3.41. The predicted molar refractivity (Wildman–Crippen MR) is 85.2 cm³/mol. The van der Waals surface area contributed by atoms with Gasteiger partial charge in [-0.1, -0.05) is 11.6 Å². The lowest BCUT2D eigenvalue weighted by atomic mass is 9.87. The Hall–Kier alpha value is -2.21. The molecule has 1 amide bonds. The molecule has 2 aromatic heterocycles. The number of piperidine rings is 1. The van der Waals surface area contributed by atoms with E-state index in [2.05, 4.69) is 23.0 Å². The van der Waals surface area contributed by atoms with Crippen LogP contribution in [0.15, 0.2) is 36.3 Å². The van der Waals surface area contributed by atoms with Gasteiger partial charge in [-0.15, -0.1) is 0 Å². The molecule has 4 heterocycles. The highest BCUT2D eigenvalue weighted by molar-refractivity contribution is 5.92. The number of nitrogens with zero attached hydrogens (tertiary/aromatic N) is 4. The smallest absolute Gasteiger partial charge is 0.274 e. The molecule has 2 aliphatic rings. The second-order valence-corrected chi connectivity index (χ2v) is 6.40. The molecule has 23 heavy (non-hydrogen) atoms. The van der Waals surface area contributed by atoms with E-state index in [0.29, 0.717) is 24.6 Å². The van der Waals surface area contributed by atoms with Gasteiger partial charge in [0.1, 0.15) is 5.69 Å². The average Bonchev–Trinajstić information content (AvgIpc) is 2.99. The number of likely N-dealkylation sites (tertiary alicyclic amines) is 1. The third-order valence-corrected chi connectivity index (χ3v) is 4.75. The van der Waals surface area contributed by atoms with Crippen molar-refractivity contribution in [2.75, 3.05) is 19.7 Å². The maximum Gasteiger partial charge on any atom is 0.274 e. The van der Waals surface area contributed by atoms with Crippen LogP contribution in [-0.2, 0) is 4.74 Å². The molecule has 0 atom stereocenters. The molecule has 0 bridgehead atoms. The maximum absolute atomic E-state index is 12.7. The second kappa shape index (κ2) is 5.45. The van der Waals surface area contributed by atoms with Gasteiger partial charge >= 0.3 is 0 Å².